The molecule has 2 rings (SSSR count). The number of ether oxygens (including phenoxy) is 2. The van der Waals surface area contributed by atoms with Crippen molar-refractivity contribution in [3.8, 4) is 5.75 Å². The van der Waals surface area contributed by atoms with Gasteiger partial charge in [0.1, 0.15) is 17.5 Å². The lowest BCUT2D eigenvalue weighted by molar-refractivity contribution is -0.384. The number of amides is 2. The number of halogens is 1. The van der Waals surface area contributed by atoms with Crippen LogP contribution in [0.25, 0.3) is 0 Å². The number of hydrogen-bond donors (Lipinski definition) is 1. The molecule has 0 bridgehead atoms. The number of nitrogens with zero attached hydrogens (tertiary/aromatic N) is 2. The van der Waals surface area contributed by atoms with Crippen molar-refractivity contribution >= 4 is 29.3 Å². The molecule has 9 nitrogen and oxygen atoms in total. The monoisotopic (exact) mass is 399 g/mol. The molecule has 1 atom stereocenters. The minimum absolute atomic E-state index is 0.00267. The number of carbonyl (C=O) groups excluding carboxylic acids is 2. The van der Waals surface area contributed by atoms with Crippen LogP contribution in [0.5, 0.6) is 5.75 Å². The quantitative estimate of drug-likeness (QED) is 0.599. The van der Waals surface area contributed by atoms with Gasteiger partial charge in [0, 0.05) is 30.6 Å². The Labute approximate surface area is 161 Å². The van der Waals surface area contributed by atoms with Crippen molar-refractivity contribution < 1.29 is 24.0 Å². The lowest BCUT2D eigenvalue weighted by Gasteiger charge is -2.42. The zero-order valence-electron chi connectivity index (χ0n) is 15.5. The fourth-order valence-electron chi connectivity index (χ4n) is 2.53. The number of carbonyl (C=O) groups is 2. The lowest BCUT2D eigenvalue weighted by Crippen LogP contribution is -2.55. The van der Waals surface area contributed by atoms with Crippen molar-refractivity contribution in [1.29, 1.82) is 0 Å². The van der Waals surface area contributed by atoms with E-state index in [9.17, 15) is 19.7 Å². The molecule has 1 heterocycles. The van der Waals surface area contributed by atoms with Crippen LogP contribution >= 0.6 is 11.6 Å². The van der Waals surface area contributed by atoms with Gasteiger partial charge >= 0.3 is 6.09 Å². The smallest absolute Gasteiger partial charge is 0.410 e. The summed E-state index contributed by atoms with van der Waals surface area (Å²) in [5.41, 5.74) is 4.10. The molecule has 1 aliphatic heterocycles. The second kappa shape index (κ2) is 7.59. The number of nitrogens with two attached hydrogens (primary N) is 1. The summed E-state index contributed by atoms with van der Waals surface area (Å²) in [6.07, 6.45) is -0.806. The SMILES string of the molecule is CC(Oc1cc(C(N)=O)cc([N+](=O)[O-])c1Cl)C1CN(C(=O)OC(C)(C)C)C1. The Bertz CT molecular complexity index is 771. The van der Waals surface area contributed by atoms with Crippen LogP contribution in [0.3, 0.4) is 0 Å². The van der Waals surface area contributed by atoms with E-state index in [1.807, 2.05) is 0 Å². The summed E-state index contributed by atoms with van der Waals surface area (Å²) < 4.78 is 11.0. The summed E-state index contributed by atoms with van der Waals surface area (Å²) >= 11 is 6.04. The van der Waals surface area contributed by atoms with E-state index in [2.05, 4.69) is 0 Å². The fraction of sp³-hybridized carbons (Fsp3) is 0.529. The van der Waals surface area contributed by atoms with Gasteiger partial charge in [0.25, 0.3) is 5.69 Å². The van der Waals surface area contributed by atoms with Gasteiger partial charge in [0.05, 0.1) is 4.92 Å². The Kier molecular flexibility index (Phi) is 5.84. The Morgan fingerprint density at radius 1 is 1.37 bits per heavy atom. The Morgan fingerprint density at radius 2 is 1.96 bits per heavy atom. The zero-order valence-corrected chi connectivity index (χ0v) is 16.3. The first kappa shape index (κ1) is 20.8. The summed E-state index contributed by atoms with van der Waals surface area (Å²) in [6, 6.07) is 2.29. The second-order valence-corrected chi connectivity index (χ2v) is 7.78. The summed E-state index contributed by atoms with van der Waals surface area (Å²) in [7, 11) is 0. The minimum Gasteiger partial charge on any atom is -0.488 e. The van der Waals surface area contributed by atoms with Gasteiger partial charge in [0.15, 0.2) is 5.02 Å². The van der Waals surface area contributed by atoms with Crippen molar-refractivity contribution in [3.05, 3.63) is 32.8 Å². The fourth-order valence-corrected chi connectivity index (χ4v) is 2.75. The van der Waals surface area contributed by atoms with E-state index in [1.165, 1.54) is 6.07 Å². The predicted octanol–water partition coefficient (Wildman–Crippen LogP) is 2.98. The van der Waals surface area contributed by atoms with Crippen LogP contribution < -0.4 is 10.5 Å². The average molecular weight is 400 g/mol. The lowest BCUT2D eigenvalue weighted by atomic mass is 9.95. The molecule has 1 fully saturated rings. The number of likely N-dealkylation sites (tertiary alicyclic amines) is 1. The van der Waals surface area contributed by atoms with E-state index < -0.39 is 34.3 Å². The van der Waals surface area contributed by atoms with Crippen molar-refractivity contribution in [2.45, 2.75) is 39.4 Å². The van der Waals surface area contributed by atoms with Gasteiger partial charge in [-0.25, -0.2) is 4.79 Å². The second-order valence-electron chi connectivity index (χ2n) is 7.40. The predicted molar refractivity (Wildman–Crippen MR) is 98.0 cm³/mol. The van der Waals surface area contributed by atoms with Crippen LogP contribution in [0.15, 0.2) is 12.1 Å². The molecule has 2 amide bonds. The number of rotatable bonds is 5. The van der Waals surface area contributed by atoms with Gasteiger partial charge in [-0.3, -0.25) is 14.9 Å². The van der Waals surface area contributed by atoms with Gasteiger partial charge in [-0.1, -0.05) is 11.6 Å². The van der Waals surface area contributed by atoms with E-state index in [1.54, 1.807) is 32.6 Å². The van der Waals surface area contributed by atoms with Crippen molar-refractivity contribution in [1.82, 2.24) is 4.90 Å². The maximum atomic E-state index is 12.0. The summed E-state index contributed by atoms with van der Waals surface area (Å²) in [6.45, 7) is 7.96. The molecular formula is C17H22ClN3O6. The molecule has 0 radical (unpaired) electrons. The molecule has 27 heavy (non-hydrogen) atoms. The van der Waals surface area contributed by atoms with Crippen LogP contribution in [0.4, 0.5) is 10.5 Å². The van der Waals surface area contributed by atoms with Gasteiger partial charge in [0.2, 0.25) is 5.91 Å². The Morgan fingerprint density at radius 3 is 2.44 bits per heavy atom. The Balaban J connectivity index is 2.07. The highest BCUT2D eigenvalue weighted by Gasteiger charge is 2.38. The normalized spacial score (nSPS) is 15.7. The molecule has 1 aromatic rings. The molecule has 10 heteroatoms. The van der Waals surface area contributed by atoms with Crippen LogP contribution in [0.2, 0.25) is 5.02 Å². The third kappa shape index (κ3) is 5.00. The van der Waals surface area contributed by atoms with Gasteiger partial charge in [-0.15, -0.1) is 0 Å². The van der Waals surface area contributed by atoms with Crippen LogP contribution in [0.1, 0.15) is 38.1 Å². The van der Waals surface area contributed by atoms with Crippen LogP contribution in [-0.4, -0.2) is 46.6 Å². The van der Waals surface area contributed by atoms with E-state index in [4.69, 9.17) is 26.8 Å². The molecule has 2 N–H and O–H groups in total. The van der Waals surface area contributed by atoms with E-state index in [-0.39, 0.29) is 22.3 Å². The third-order valence-corrected chi connectivity index (χ3v) is 4.42. The van der Waals surface area contributed by atoms with Crippen LogP contribution in [0, 0.1) is 16.0 Å². The van der Waals surface area contributed by atoms with E-state index >= 15 is 0 Å². The van der Waals surface area contributed by atoms with Gasteiger partial charge < -0.3 is 20.1 Å². The first-order valence-corrected chi connectivity index (χ1v) is 8.69. The zero-order chi connectivity index (χ0) is 20.5. The highest BCUT2D eigenvalue weighted by atomic mass is 35.5. The van der Waals surface area contributed by atoms with Gasteiger partial charge in [-0.2, -0.15) is 0 Å². The highest BCUT2D eigenvalue weighted by molar-refractivity contribution is 6.34. The molecule has 0 aromatic heterocycles. The number of hydrogen-bond acceptors (Lipinski definition) is 6. The van der Waals surface area contributed by atoms with E-state index in [0.717, 1.165) is 6.07 Å². The largest absolute Gasteiger partial charge is 0.488 e. The summed E-state index contributed by atoms with van der Waals surface area (Å²) in [5.74, 6) is -0.834. The molecular weight excluding hydrogens is 378 g/mol. The molecule has 1 saturated heterocycles. The number of primary amides is 1. The van der Waals surface area contributed by atoms with Crippen LogP contribution in [-0.2, 0) is 4.74 Å². The minimum atomic E-state index is -0.827. The summed E-state index contributed by atoms with van der Waals surface area (Å²) in [4.78, 5) is 35.3. The molecule has 1 unspecified atom stereocenters. The maximum absolute atomic E-state index is 12.0. The molecule has 1 aromatic carbocycles. The molecule has 0 spiro atoms. The molecule has 148 valence electrons. The Hall–Kier alpha value is -2.55. The first-order chi connectivity index (χ1) is 12.4. The topological polar surface area (TPSA) is 125 Å². The number of nitro benzene ring substituents is 1. The molecule has 0 aliphatic carbocycles. The van der Waals surface area contributed by atoms with Crippen molar-refractivity contribution in [3.63, 3.8) is 0 Å². The number of nitro groups is 1. The maximum Gasteiger partial charge on any atom is 0.410 e. The third-order valence-electron chi connectivity index (χ3n) is 4.04. The molecule has 0 saturated carbocycles. The van der Waals surface area contributed by atoms with E-state index in [0.29, 0.717) is 13.1 Å². The van der Waals surface area contributed by atoms with Crippen molar-refractivity contribution in [2.75, 3.05) is 13.1 Å². The van der Waals surface area contributed by atoms with Crippen molar-refractivity contribution in [2.24, 2.45) is 11.7 Å². The average Bonchev–Trinajstić information content (AvgIpc) is 2.45. The first-order valence-electron chi connectivity index (χ1n) is 8.31. The van der Waals surface area contributed by atoms with Gasteiger partial charge in [-0.05, 0) is 33.8 Å². The molecule has 1 aliphatic rings. The number of benzene rings is 1. The summed E-state index contributed by atoms with van der Waals surface area (Å²) in [5, 5.41) is 10.9. The standard InChI is InChI=1S/C17H22ClN3O6/c1-9(11-7-20(8-11)16(23)27-17(2,3)4)26-13-6-10(15(19)22)5-12(14(13)18)21(24)25/h5-6,9,11H,7-8H2,1-4H3,(H2,19,22). The highest BCUT2D eigenvalue weighted by Crippen LogP contribution is 2.37.